The van der Waals surface area contributed by atoms with Gasteiger partial charge in [0.05, 0.1) is 11.0 Å². The first-order valence-electron chi connectivity index (χ1n) is 6.27. The van der Waals surface area contributed by atoms with E-state index in [9.17, 15) is 14.8 Å². The lowest BCUT2D eigenvalue weighted by atomic mass is 9.80. The quantitative estimate of drug-likeness (QED) is 0.753. The van der Waals surface area contributed by atoms with Crippen molar-refractivity contribution in [1.82, 2.24) is 9.55 Å². The molecule has 2 rings (SSSR count). The molecule has 0 aliphatic heterocycles. The number of imidazole rings is 1. The zero-order chi connectivity index (χ0) is 15.1. The molecule has 0 fully saturated rings. The van der Waals surface area contributed by atoms with E-state index in [0.29, 0.717) is 22.3 Å². The van der Waals surface area contributed by atoms with E-state index >= 15 is 0 Å². The molecule has 20 heavy (non-hydrogen) atoms. The Labute approximate surface area is 117 Å². The average molecular weight is 276 g/mol. The summed E-state index contributed by atoms with van der Waals surface area (Å²) in [6.07, 6.45) is -0.540. The van der Waals surface area contributed by atoms with Gasteiger partial charge in [-0.05, 0) is 45.3 Å². The highest BCUT2D eigenvalue weighted by Crippen LogP contribution is 2.17. The first kappa shape index (κ1) is 14.6. The van der Waals surface area contributed by atoms with Crippen molar-refractivity contribution in [3.63, 3.8) is 0 Å². The lowest BCUT2D eigenvalue weighted by Gasteiger charge is -2.20. The van der Waals surface area contributed by atoms with Gasteiger partial charge in [-0.25, -0.2) is 14.3 Å². The van der Waals surface area contributed by atoms with E-state index < -0.39 is 18.8 Å². The summed E-state index contributed by atoms with van der Waals surface area (Å²) in [6, 6.07) is 4.71. The van der Waals surface area contributed by atoms with Crippen LogP contribution in [0.2, 0.25) is 0 Å². The van der Waals surface area contributed by atoms with Crippen LogP contribution in [0.3, 0.4) is 0 Å². The van der Waals surface area contributed by atoms with E-state index in [2.05, 4.69) is 4.98 Å². The summed E-state index contributed by atoms with van der Waals surface area (Å²) in [5.74, 6) is 0.485. The van der Waals surface area contributed by atoms with E-state index in [1.54, 1.807) is 39.8 Å². The van der Waals surface area contributed by atoms with Crippen LogP contribution < -0.4 is 5.46 Å². The summed E-state index contributed by atoms with van der Waals surface area (Å²) >= 11 is 0. The van der Waals surface area contributed by atoms with Crippen LogP contribution in [0.15, 0.2) is 18.2 Å². The molecule has 2 N–H and O–H groups in total. The van der Waals surface area contributed by atoms with Gasteiger partial charge in [-0.3, -0.25) is 0 Å². The van der Waals surface area contributed by atoms with Crippen LogP contribution >= 0.6 is 0 Å². The third-order valence-electron chi connectivity index (χ3n) is 2.72. The van der Waals surface area contributed by atoms with Crippen molar-refractivity contribution in [2.75, 3.05) is 0 Å². The summed E-state index contributed by atoms with van der Waals surface area (Å²) in [6.45, 7) is 7.03. The number of aryl methyl sites for hydroxylation is 1. The second-order valence-corrected chi connectivity index (χ2v) is 5.60. The number of hydrogen-bond acceptors (Lipinski definition) is 5. The molecule has 0 aliphatic carbocycles. The largest absolute Gasteiger partial charge is 0.488 e. The molecule has 2 aromatic rings. The molecule has 0 saturated heterocycles. The van der Waals surface area contributed by atoms with Crippen LogP contribution in [0, 0.1) is 6.92 Å². The number of fused-ring (bicyclic) bond motifs is 1. The molecule has 0 unspecified atom stereocenters. The Morgan fingerprint density at radius 3 is 2.55 bits per heavy atom. The Balaban J connectivity index is 2.54. The van der Waals surface area contributed by atoms with Gasteiger partial charge in [0.25, 0.3) is 0 Å². The zero-order valence-electron chi connectivity index (χ0n) is 11.9. The highest BCUT2D eigenvalue weighted by atomic mass is 16.6. The van der Waals surface area contributed by atoms with Crippen LogP contribution in [0.1, 0.15) is 26.6 Å². The van der Waals surface area contributed by atoms with Gasteiger partial charge in [0.1, 0.15) is 11.4 Å². The highest BCUT2D eigenvalue weighted by molar-refractivity contribution is 6.58. The normalized spacial score (nSPS) is 11.7. The first-order chi connectivity index (χ1) is 9.19. The SMILES string of the molecule is Cc1nc2ccc(B(O)O)cc2n1C(=O)OC(C)(C)C. The van der Waals surface area contributed by atoms with Crippen LogP contribution in [0.5, 0.6) is 0 Å². The number of rotatable bonds is 1. The lowest BCUT2D eigenvalue weighted by molar-refractivity contribution is 0.0540. The van der Waals surface area contributed by atoms with Crippen molar-refractivity contribution < 1.29 is 19.6 Å². The van der Waals surface area contributed by atoms with E-state index in [1.807, 2.05) is 0 Å². The maximum Gasteiger partial charge on any atom is 0.488 e. The van der Waals surface area contributed by atoms with E-state index in [-0.39, 0.29) is 0 Å². The van der Waals surface area contributed by atoms with Crippen molar-refractivity contribution in [3.8, 4) is 0 Å². The number of carbonyl (C=O) groups is 1. The molecule has 7 heteroatoms. The molecule has 0 amide bonds. The first-order valence-corrected chi connectivity index (χ1v) is 6.27. The maximum absolute atomic E-state index is 12.2. The molecule has 6 nitrogen and oxygen atoms in total. The minimum Gasteiger partial charge on any atom is -0.443 e. The summed E-state index contributed by atoms with van der Waals surface area (Å²) in [5.41, 5.74) is 0.760. The van der Waals surface area contributed by atoms with Gasteiger partial charge < -0.3 is 14.8 Å². The molecule has 1 aromatic heterocycles. The Morgan fingerprint density at radius 2 is 2.00 bits per heavy atom. The number of nitrogens with zero attached hydrogens (tertiary/aromatic N) is 2. The van der Waals surface area contributed by atoms with E-state index in [4.69, 9.17) is 4.74 Å². The monoisotopic (exact) mass is 276 g/mol. The Bertz CT molecular complexity index is 658. The third kappa shape index (κ3) is 2.83. The second-order valence-electron chi connectivity index (χ2n) is 5.60. The van der Waals surface area contributed by atoms with Gasteiger partial charge in [-0.15, -0.1) is 0 Å². The standard InChI is InChI=1S/C13H17BN2O4/c1-8-15-10-6-5-9(14(18)19)7-11(10)16(8)12(17)20-13(2,3)4/h5-7,18-19H,1-4H3. The number of ether oxygens (including phenoxy) is 1. The average Bonchev–Trinajstić information content (AvgIpc) is 2.61. The predicted molar refractivity (Wildman–Crippen MR) is 75.9 cm³/mol. The van der Waals surface area contributed by atoms with Crippen LogP contribution in [-0.2, 0) is 4.74 Å². The Hall–Kier alpha value is -1.86. The molecule has 1 heterocycles. The molecule has 1 aromatic carbocycles. The van der Waals surface area contributed by atoms with Crippen molar-refractivity contribution in [3.05, 3.63) is 24.0 Å². The fourth-order valence-corrected chi connectivity index (χ4v) is 1.91. The van der Waals surface area contributed by atoms with Gasteiger partial charge in [-0.1, -0.05) is 6.07 Å². The fourth-order valence-electron chi connectivity index (χ4n) is 1.91. The van der Waals surface area contributed by atoms with Crippen molar-refractivity contribution in [2.45, 2.75) is 33.3 Å². The van der Waals surface area contributed by atoms with E-state index in [1.165, 1.54) is 10.6 Å². The number of aromatic nitrogens is 2. The molecule has 0 aliphatic rings. The number of hydrogen-bond donors (Lipinski definition) is 2. The van der Waals surface area contributed by atoms with Crippen LogP contribution in [0.4, 0.5) is 4.79 Å². The van der Waals surface area contributed by atoms with Gasteiger partial charge in [0.15, 0.2) is 0 Å². The van der Waals surface area contributed by atoms with Crippen molar-refractivity contribution >= 4 is 29.7 Å². The van der Waals surface area contributed by atoms with Gasteiger partial charge in [0, 0.05) is 0 Å². The smallest absolute Gasteiger partial charge is 0.443 e. The Morgan fingerprint density at radius 1 is 1.35 bits per heavy atom. The fraction of sp³-hybridized carbons (Fsp3) is 0.385. The summed E-state index contributed by atoms with van der Waals surface area (Å²) in [4.78, 5) is 16.5. The topological polar surface area (TPSA) is 84.6 Å². The molecular formula is C13H17BN2O4. The van der Waals surface area contributed by atoms with E-state index in [0.717, 1.165) is 0 Å². The Kier molecular flexibility index (Phi) is 3.58. The molecule has 0 radical (unpaired) electrons. The minimum absolute atomic E-state index is 0.294. The highest BCUT2D eigenvalue weighted by Gasteiger charge is 2.22. The third-order valence-corrected chi connectivity index (χ3v) is 2.72. The molecule has 0 bridgehead atoms. The molecule has 106 valence electrons. The zero-order valence-corrected chi connectivity index (χ0v) is 11.9. The van der Waals surface area contributed by atoms with Gasteiger partial charge in [-0.2, -0.15) is 0 Å². The van der Waals surface area contributed by atoms with Gasteiger partial charge in [0.2, 0.25) is 0 Å². The maximum atomic E-state index is 12.2. The van der Waals surface area contributed by atoms with Gasteiger partial charge >= 0.3 is 13.2 Å². The number of carbonyl (C=O) groups excluding carboxylic acids is 1. The van der Waals surface area contributed by atoms with Crippen molar-refractivity contribution in [1.29, 1.82) is 0 Å². The summed E-state index contributed by atoms with van der Waals surface area (Å²) in [5, 5.41) is 18.4. The predicted octanol–water partition coefficient (Wildman–Crippen LogP) is 0.808. The summed E-state index contributed by atoms with van der Waals surface area (Å²) < 4.78 is 6.66. The molecule has 0 saturated carbocycles. The van der Waals surface area contributed by atoms with Crippen molar-refractivity contribution in [2.24, 2.45) is 0 Å². The minimum atomic E-state index is -1.60. The van der Waals surface area contributed by atoms with Crippen LogP contribution in [-0.4, -0.2) is 38.4 Å². The lowest BCUT2D eigenvalue weighted by Crippen LogP contribution is -2.30. The number of benzene rings is 1. The van der Waals surface area contributed by atoms with Crippen LogP contribution in [0.25, 0.3) is 11.0 Å². The molecule has 0 spiro atoms. The molecular weight excluding hydrogens is 259 g/mol. The second kappa shape index (κ2) is 4.92. The molecule has 0 atom stereocenters. The summed E-state index contributed by atoms with van der Waals surface area (Å²) in [7, 11) is -1.60.